The van der Waals surface area contributed by atoms with Crippen LogP contribution in [0.15, 0.2) is 18.5 Å². The van der Waals surface area contributed by atoms with Crippen molar-refractivity contribution in [2.45, 2.75) is 63.5 Å². The van der Waals surface area contributed by atoms with Gasteiger partial charge in [-0.3, -0.25) is 16.3 Å². The fraction of sp³-hybridized carbons (Fsp3) is 0.706. The van der Waals surface area contributed by atoms with Gasteiger partial charge in [0, 0.05) is 25.0 Å². The molecule has 4 nitrogen and oxygen atoms in total. The summed E-state index contributed by atoms with van der Waals surface area (Å²) in [4.78, 5) is 4.26. The van der Waals surface area contributed by atoms with Gasteiger partial charge in [0.1, 0.15) is 0 Å². The Hall–Kier alpha value is -0.970. The van der Waals surface area contributed by atoms with E-state index in [1.54, 1.807) is 0 Å². The van der Waals surface area contributed by atoms with Gasteiger partial charge in [0.2, 0.25) is 0 Å². The van der Waals surface area contributed by atoms with Crippen molar-refractivity contribution in [1.82, 2.24) is 10.4 Å². The first-order valence-electron chi connectivity index (χ1n) is 8.31. The molecule has 3 N–H and O–H groups in total. The Balaban J connectivity index is 1.82. The van der Waals surface area contributed by atoms with Crippen molar-refractivity contribution >= 4 is 0 Å². The number of hydrogen-bond donors (Lipinski definition) is 2. The molecule has 0 bridgehead atoms. The number of nitrogens with two attached hydrogens (primary N) is 1. The summed E-state index contributed by atoms with van der Waals surface area (Å²) in [5, 5.41) is 0. The van der Waals surface area contributed by atoms with E-state index >= 15 is 0 Å². The molecule has 0 radical (unpaired) electrons. The van der Waals surface area contributed by atoms with E-state index in [1.807, 2.05) is 12.4 Å². The summed E-state index contributed by atoms with van der Waals surface area (Å²) in [6.07, 6.45) is 12.1. The van der Waals surface area contributed by atoms with Crippen LogP contribution in [0.2, 0.25) is 0 Å². The topological polar surface area (TPSA) is 60.2 Å². The Kier molecular flexibility index (Phi) is 4.57. The lowest BCUT2D eigenvalue weighted by Crippen LogP contribution is -2.43. The fourth-order valence-electron chi connectivity index (χ4n) is 4.23. The van der Waals surface area contributed by atoms with Gasteiger partial charge in [-0.1, -0.05) is 19.8 Å². The van der Waals surface area contributed by atoms with Crippen molar-refractivity contribution in [3.63, 3.8) is 0 Å². The van der Waals surface area contributed by atoms with Crippen LogP contribution in [0.25, 0.3) is 0 Å². The number of aromatic nitrogens is 1. The van der Waals surface area contributed by atoms with E-state index in [1.165, 1.54) is 36.8 Å². The first-order chi connectivity index (χ1) is 10.3. The summed E-state index contributed by atoms with van der Waals surface area (Å²) < 4.78 is 6.16. The maximum Gasteiger partial charge on any atom is 0.0686 e. The SMILES string of the molecule is CCc1cnccc1C(NN)C1CCOC2(CCCC2)C1. The third kappa shape index (κ3) is 2.98. The molecule has 0 amide bonds. The number of nitrogens with zero attached hydrogens (tertiary/aromatic N) is 1. The van der Waals surface area contributed by atoms with Crippen LogP contribution < -0.4 is 11.3 Å². The minimum Gasteiger partial charge on any atom is -0.375 e. The van der Waals surface area contributed by atoms with Gasteiger partial charge in [0.05, 0.1) is 5.60 Å². The van der Waals surface area contributed by atoms with Crippen LogP contribution in [-0.4, -0.2) is 17.2 Å². The number of ether oxygens (including phenoxy) is 1. The van der Waals surface area contributed by atoms with Crippen LogP contribution in [0.4, 0.5) is 0 Å². The molecule has 21 heavy (non-hydrogen) atoms. The van der Waals surface area contributed by atoms with Crippen molar-refractivity contribution in [3.8, 4) is 0 Å². The highest BCUT2D eigenvalue weighted by Gasteiger charge is 2.42. The van der Waals surface area contributed by atoms with Crippen LogP contribution in [0.1, 0.15) is 62.6 Å². The number of pyridine rings is 1. The van der Waals surface area contributed by atoms with E-state index in [0.717, 1.165) is 25.9 Å². The van der Waals surface area contributed by atoms with Crippen molar-refractivity contribution < 1.29 is 4.74 Å². The minimum absolute atomic E-state index is 0.136. The summed E-state index contributed by atoms with van der Waals surface area (Å²) in [6.45, 7) is 3.05. The summed E-state index contributed by atoms with van der Waals surface area (Å²) in [7, 11) is 0. The molecule has 1 saturated carbocycles. The molecular formula is C17H27N3O. The molecule has 1 aromatic heterocycles. The van der Waals surface area contributed by atoms with Crippen LogP contribution in [0.3, 0.4) is 0 Å². The second-order valence-electron chi connectivity index (χ2n) is 6.56. The highest BCUT2D eigenvalue weighted by atomic mass is 16.5. The van der Waals surface area contributed by atoms with Crippen LogP contribution in [0.5, 0.6) is 0 Å². The van der Waals surface area contributed by atoms with Gasteiger partial charge in [0.25, 0.3) is 0 Å². The molecule has 4 heteroatoms. The zero-order valence-corrected chi connectivity index (χ0v) is 13.0. The Morgan fingerprint density at radius 3 is 3.00 bits per heavy atom. The summed E-state index contributed by atoms with van der Waals surface area (Å²) in [5.74, 6) is 6.49. The van der Waals surface area contributed by atoms with Crippen molar-refractivity contribution in [2.75, 3.05) is 6.61 Å². The summed E-state index contributed by atoms with van der Waals surface area (Å²) in [6, 6.07) is 2.34. The fourth-order valence-corrected chi connectivity index (χ4v) is 4.23. The maximum absolute atomic E-state index is 6.16. The van der Waals surface area contributed by atoms with Gasteiger partial charge >= 0.3 is 0 Å². The molecule has 1 spiro atoms. The molecule has 1 aliphatic carbocycles. The van der Waals surface area contributed by atoms with Gasteiger partial charge in [-0.05, 0) is 55.2 Å². The van der Waals surface area contributed by atoms with E-state index in [0.29, 0.717) is 5.92 Å². The number of rotatable bonds is 4. The van der Waals surface area contributed by atoms with Crippen LogP contribution >= 0.6 is 0 Å². The maximum atomic E-state index is 6.16. The Morgan fingerprint density at radius 2 is 2.29 bits per heavy atom. The van der Waals surface area contributed by atoms with Crippen LogP contribution in [-0.2, 0) is 11.2 Å². The van der Waals surface area contributed by atoms with E-state index in [4.69, 9.17) is 10.6 Å². The lowest BCUT2D eigenvalue weighted by atomic mass is 9.78. The molecule has 2 heterocycles. The minimum atomic E-state index is 0.136. The second kappa shape index (κ2) is 6.42. The quantitative estimate of drug-likeness (QED) is 0.661. The first-order valence-corrected chi connectivity index (χ1v) is 8.31. The molecule has 2 aliphatic rings. The lowest BCUT2D eigenvalue weighted by molar-refractivity contribution is -0.0982. The molecule has 2 fully saturated rings. The van der Waals surface area contributed by atoms with Crippen molar-refractivity contribution in [1.29, 1.82) is 0 Å². The third-order valence-electron chi connectivity index (χ3n) is 5.35. The van der Waals surface area contributed by atoms with Gasteiger partial charge in [-0.15, -0.1) is 0 Å². The standard InChI is InChI=1S/C17H27N3O/c1-2-13-12-19-9-5-15(13)16(20-18)14-6-10-21-17(11-14)7-3-4-8-17/h5,9,12,14,16,20H,2-4,6-8,10-11,18H2,1H3. The molecule has 2 unspecified atom stereocenters. The average Bonchev–Trinajstić information content (AvgIpc) is 2.96. The van der Waals surface area contributed by atoms with E-state index in [2.05, 4.69) is 23.4 Å². The molecule has 0 aromatic carbocycles. The van der Waals surface area contributed by atoms with E-state index in [-0.39, 0.29) is 11.6 Å². The average molecular weight is 289 g/mol. The zero-order valence-electron chi connectivity index (χ0n) is 13.0. The highest BCUT2D eigenvalue weighted by Crippen LogP contribution is 2.45. The molecule has 2 atom stereocenters. The largest absolute Gasteiger partial charge is 0.375 e. The third-order valence-corrected chi connectivity index (χ3v) is 5.35. The van der Waals surface area contributed by atoms with Crippen LogP contribution in [0, 0.1) is 5.92 Å². The van der Waals surface area contributed by atoms with Gasteiger partial charge < -0.3 is 4.74 Å². The van der Waals surface area contributed by atoms with Gasteiger partial charge in [0.15, 0.2) is 0 Å². The second-order valence-corrected chi connectivity index (χ2v) is 6.56. The molecule has 1 saturated heterocycles. The summed E-state index contributed by atoms with van der Waals surface area (Å²) in [5.41, 5.74) is 5.84. The Morgan fingerprint density at radius 1 is 1.48 bits per heavy atom. The lowest BCUT2D eigenvalue weighted by Gasteiger charge is -2.41. The van der Waals surface area contributed by atoms with E-state index < -0.39 is 0 Å². The van der Waals surface area contributed by atoms with Crippen molar-refractivity contribution in [3.05, 3.63) is 29.6 Å². The molecule has 1 aromatic rings. The highest BCUT2D eigenvalue weighted by molar-refractivity contribution is 5.27. The zero-order chi connectivity index (χ0) is 14.7. The van der Waals surface area contributed by atoms with Crippen molar-refractivity contribution in [2.24, 2.45) is 11.8 Å². The summed E-state index contributed by atoms with van der Waals surface area (Å²) >= 11 is 0. The number of nitrogens with one attached hydrogen (secondary N) is 1. The van der Waals surface area contributed by atoms with E-state index in [9.17, 15) is 0 Å². The number of hydrazine groups is 1. The predicted octanol–water partition coefficient (Wildman–Crippen LogP) is 2.89. The molecule has 116 valence electrons. The monoisotopic (exact) mass is 289 g/mol. The predicted molar refractivity (Wildman–Crippen MR) is 83.6 cm³/mol. The molecule has 1 aliphatic heterocycles. The number of hydrogen-bond acceptors (Lipinski definition) is 4. The molecule has 3 rings (SSSR count). The Labute approximate surface area is 127 Å². The number of aryl methyl sites for hydroxylation is 1. The van der Waals surface area contributed by atoms with Gasteiger partial charge in [-0.25, -0.2) is 0 Å². The van der Waals surface area contributed by atoms with Gasteiger partial charge in [-0.2, -0.15) is 0 Å². The smallest absolute Gasteiger partial charge is 0.0686 e. The Bertz CT molecular complexity index is 471. The normalized spacial score (nSPS) is 26.1. The first kappa shape index (κ1) is 14.9. The molecular weight excluding hydrogens is 262 g/mol.